The Morgan fingerprint density at radius 2 is 1.88 bits per heavy atom. The summed E-state index contributed by atoms with van der Waals surface area (Å²) in [5.41, 5.74) is 4.19. The normalized spacial score (nSPS) is 20.6. The van der Waals surface area contributed by atoms with Gasteiger partial charge in [0, 0.05) is 32.4 Å². The highest BCUT2D eigenvalue weighted by Gasteiger charge is 2.44. The summed E-state index contributed by atoms with van der Waals surface area (Å²) >= 11 is 0. The summed E-state index contributed by atoms with van der Waals surface area (Å²) in [6.07, 6.45) is 9.67. The Hall–Kier alpha value is -4.27. The second-order valence-electron chi connectivity index (χ2n) is 11.9. The van der Waals surface area contributed by atoms with Crippen molar-refractivity contribution in [3.05, 3.63) is 30.1 Å². The van der Waals surface area contributed by atoms with Gasteiger partial charge in [-0.25, -0.2) is 14.7 Å². The number of aromatic nitrogens is 5. The van der Waals surface area contributed by atoms with E-state index >= 15 is 0 Å². The van der Waals surface area contributed by atoms with Crippen molar-refractivity contribution in [2.75, 3.05) is 6.54 Å². The summed E-state index contributed by atoms with van der Waals surface area (Å²) < 4.78 is 2.99. The van der Waals surface area contributed by atoms with E-state index < -0.39 is 53.1 Å². The largest absolute Gasteiger partial charge is 0.384 e. The smallest absolute Gasteiger partial charge is 0.313 e. The second-order valence-corrected chi connectivity index (χ2v) is 11.9. The van der Waals surface area contributed by atoms with Crippen LogP contribution in [0.2, 0.25) is 0 Å². The fraction of sp³-hybridized carbons (Fsp3) is 0.607. The molecule has 15 nitrogen and oxygen atoms in total. The van der Waals surface area contributed by atoms with Crippen LogP contribution in [0.15, 0.2) is 23.6 Å². The molecule has 4 rings (SSSR count). The van der Waals surface area contributed by atoms with E-state index in [2.05, 4.69) is 25.6 Å². The number of rotatable bonds is 10. The Balaban J connectivity index is 1.70. The number of primary amides is 1. The third kappa shape index (κ3) is 7.21. The van der Waals surface area contributed by atoms with Crippen molar-refractivity contribution in [2.45, 2.75) is 89.4 Å². The summed E-state index contributed by atoms with van der Waals surface area (Å²) in [6.45, 7) is 4.45. The van der Waals surface area contributed by atoms with Crippen molar-refractivity contribution in [1.29, 1.82) is 0 Å². The van der Waals surface area contributed by atoms with Crippen LogP contribution in [0.4, 0.5) is 0 Å². The fourth-order valence-corrected chi connectivity index (χ4v) is 5.76. The highest BCUT2D eigenvalue weighted by atomic mass is 16.3. The monoisotopic (exact) mass is 597 g/mol. The lowest BCUT2D eigenvalue weighted by molar-refractivity contribution is -0.139. The average molecular weight is 598 g/mol. The number of aliphatic imine (C=N–C) groups is 1. The Morgan fingerprint density at radius 1 is 1.19 bits per heavy atom. The van der Waals surface area contributed by atoms with Crippen molar-refractivity contribution in [1.82, 2.24) is 34.8 Å². The molecule has 0 aromatic carbocycles. The molecule has 0 spiro atoms. The van der Waals surface area contributed by atoms with Crippen LogP contribution in [0.5, 0.6) is 0 Å². The molecule has 2 aromatic heterocycles. The van der Waals surface area contributed by atoms with Crippen molar-refractivity contribution < 1.29 is 29.1 Å². The zero-order valence-electron chi connectivity index (χ0n) is 24.9. The Labute approximate surface area is 248 Å². The highest BCUT2D eigenvalue weighted by molar-refractivity contribution is 6.41. The molecule has 1 aliphatic heterocycles. The van der Waals surface area contributed by atoms with Crippen LogP contribution >= 0.6 is 0 Å². The molecule has 2 aliphatic rings. The molecule has 4 N–H and O–H groups in total. The van der Waals surface area contributed by atoms with Gasteiger partial charge in [0.2, 0.25) is 17.5 Å². The minimum absolute atomic E-state index is 0.0121. The predicted octanol–water partition coefficient (Wildman–Crippen LogP) is 0.192. The summed E-state index contributed by atoms with van der Waals surface area (Å²) in [5, 5.41) is 21.2. The van der Waals surface area contributed by atoms with E-state index in [-0.39, 0.29) is 36.8 Å². The van der Waals surface area contributed by atoms with Gasteiger partial charge < -0.3 is 25.6 Å². The lowest BCUT2D eigenvalue weighted by atomic mass is 9.85. The number of ketones is 1. The van der Waals surface area contributed by atoms with Gasteiger partial charge in [-0.2, -0.15) is 0 Å². The van der Waals surface area contributed by atoms with Crippen molar-refractivity contribution in [2.24, 2.45) is 23.7 Å². The van der Waals surface area contributed by atoms with Crippen LogP contribution < -0.4 is 11.1 Å². The molecule has 2 aromatic rings. The molecule has 2 fully saturated rings. The van der Waals surface area contributed by atoms with Gasteiger partial charge in [0.25, 0.3) is 11.8 Å². The summed E-state index contributed by atoms with van der Waals surface area (Å²) in [5.74, 6) is -3.94. The Bertz CT molecular complexity index is 1420. The van der Waals surface area contributed by atoms with Crippen molar-refractivity contribution >= 4 is 35.1 Å². The number of nitrogens with two attached hydrogens (primary N) is 1. The van der Waals surface area contributed by atoms with Gasteiger partial charge in [0.15, 0.2) is 0 Å². The highest BCUT2D eigenvalue weighted by Crippen LogP contribution is 2.33. The molecule has 0 radical (unpaired) electrons. The minimum Gasteiger partial charge on any atom is -0.384 e. The van der Waals surface area contributed by atoms with Crippen LogP contribution in [-0.4, -0.2) is 88.3 Å². The van der Waals surface area contributed by atoms with E-state index in [1.165, 1.54) is 33.5 Å². The number of Topliss-reactive ketones (excluding diaryl/α,β-unsaturated/α-hetero) is 1. The third-order valence-corrected chi connectivity index (χ3v) is 8.09. The van der Waals surface area contributed by atoms with Crippen LogP contribution in [0.1, 0.15) is 88.1 Å². The van der Waals surface area contributed by atoms with Crippen LogP contribution in [-0.2, 0) is 31.8 Å². The molecular formula is C28H39N9O6. The lowest BCUT2D eigenvalue weighted by Crippen LogP contribution is -2.52. The summed E-state index contributed by atoms with van der Waals surface area (Å²) in [7, 11) is 1.65. The first-order chi connectivity index (χ1) is 20.3. The molecule has 0 bridgehead atoms. The first kappa shape index (κ1) is 31.7. The van der Waals surface area contributed by atoms with Gasteiger partial charge in [-0.05, 0) is 33.1 Å². The molecule has 15 heteroatoms. The van der Waals surface area contributed by atoms with E-state index in [4.69, 9.17) is 5.73 Å². The molecule has 1 saturated heterocycles. The van der Waals surface area contributed by atoms with E-state index in [9.17, 15) is 29.1 Å². The number of likely N-dealkylation sites (tertiary alicyclic amines) is 1. The first-order valence-electron chi connectivity index (χ1n) is 14.4. The predicted molar refractivity (Wildman–Crippen MR) is 152 cm³/mol. The average Bonchev–Trinajstić information content (AvgIpc) is 3.71. The lowest BCUT2D eigenvalue weighted by Gasteiger charge is -2.27. The molecule has 43 heavy (non-hydrogen) atoms. The maximum atomic E-state index is 14.2. The van der Waals surface area contributed by atoms with Crippen LogP contribution in [0.3, 0.4) is 0 Å². The van der Waals surface area contributed by atoms with Gasteiger partial charge in [-0.15, -0.1) is 5.10 Å². The van der Waals surface area contributed by atoms with Crippen LogP contribution in [0.25, 0.3) is 0 Å². The minimum atomic E-state index is -1.32. The maximum absolute atomic E-state index is 14.2. The zero-order valence-corrected chi connectivity index (χ0v) is 24.9. The third-order valence-electron chi connectivity index (χ3n) is 8.09. The SMILES string of the molecule is CC(NC(=O)[C@@H]1C[C@H](n2nncc2C(C)(C)O)CN1C(=O)/C(CC1CCCCC1)=N/C(=O)c1nccn1C)C(=O)C(N)=O. The summed E-state index contributed by atoms with van der Waals surface area (Å²) in [6, 6.07) is -2.91. The van der Waals surface area contributed by atoms with Gasteiger partial charge in [-0.1, -0.05) is 37.3 Å². The number of aliphatic hydroxyl groups is 1. The van der Waals surface area contributed by atoms with E-state index in [0.29, 0.717) is 5.69 Å². The molecule has 3 atom stereocenters. The van der Waals surface area contributed by atoms with Crippen LogP contribution in [0, 0.1) is 5.92 Å². The quantitative estimate of drug-likeness (QED) is 0.252. The number of nitrogens with zero attached hydrogens (tertiary/aromatic N) is 7. The molecule has 1 aliphatic carbocycles. The van der Waals surface area contributed by atoms with Crippen molar-refractivity contribution in [3.63, 3.8) is 0 Å². The first-order valence-corrected chi connectivity index (χ1v) is 14.4. The Kier molecular flexibility index (Phi) is 9.52. The Morgan fingerprint density at radius 3 is 2.49 bits per heavy atom. The number of nitrogens with one attached hydrogen (secondary N) is 1. The molecular weight excluding hydrogens is 558 g/mol. The number of hydrogen-bond donors (Lipinski definition) is 3. The summed E-state index contributed by atoms with van der Waals surface area (Å²) in [4.78, 5) is 74.1. The molecule has 3 heterocycles. The van der Waals surface area contributed by atoms with Gasteiger partial charge in [-0.3, -0.25) is 24.0 Å². The number of hydrogen-bond acceptors (Lipinski definition) is 9. The number of carbonyl (C=O) groups excluding carboxylic acids is 5. The maximum Gasteiger partial charge on any atom is 0.313 e. The van der Waals surface area contributed by atoms with E-state index in [0.717, 1.165) is 32.1 Å². The van der Waals surface area contributed by atoms with Gasteiger partial charge in [0.05, 0.1) is 24.0 Å². The topological polar surface area (TPSA) is 208 Å². The van der Waals surface area contributed by atoms with E-state index in [1.807, 2.05) is 0 Å². The number of amides is 4. The van der Waals surface area contributed by atoms with Crippen molar-refractivity contribution in [3.8, 4) is 0 Å². The molecule has 4 amide bonds. The standard InChI is InChI=1S/C28H39N9O6/c1-16(22(38)23(29)39)32-25(40)20-13-18(37-21(14-31-34-37)28(2,3)43)15-36(20)27(42)19(12-17-8-6-5-7-9-17)33-26(41)24-30-10-11-35(24)4/h10-11,14,16-18,20,43H,5-9,12-13,15H2,1-4H3,(H2,29,39)(H,32,40)/b33-19+/t16?,18-,20-/m0/s1. The second kappa shape index (κ2) is 12.9. The number of aryl methyl sites for hydroxylation is 1. The zero-order chi connectivity index (χ0) is 31.5. The van der Waals surface area contributed by atoms with Gasteiger partial charge >= 0.3 is 5.91 Å². The molecule has 232 valence electrons. The fourth-order valence-electron chi connectivity index (χ4n) is 5.76. The van der Waals surface area contributed by atoms with Gasteiger partial charge in [0.1, 0.15) is 17.4 Å². The number of imidazole rings is 1. The molecule has 1 unspecified atom stereocenters. The molecule has 1 saturated carbocycles. The number of carbonyl (C=O) groups is 5. The van der Waals surface area contributed by atoms with E-state index in [1.54, 1.807) is 27.1 Å².